The molecule has 0 aromatic carbocycles. The summed E-state index contributed by atoms with van der Waals surface area (Å²) in [6.45, 7) is 6.86. The van der Waals surface area contributed by atoms with Gasteiger partial charge in [-0.05, 0) is 30.6 Å². The van der Waals surface area contributed by atoms with Crippen LogP contribution in [0.15, 0.2) is 0 Å². The van der Waals surface area contributed by atoms with Crippen molar-refractivity contribution in [2.45, 2.75) is 46.1 Å². The molecule has 0 heterocycles. The van der Waals surface area contributed by atoms with Crippen molar-refractivity contribution in [3.63, 3.8) is 0 Å². The molecule has 2 heteroatoms. The Bertz CT molecular complexity index is 136. The van der Waals surface area contributed by atoms with Crippen LogP contribution in [0, 0.1) is 17.8 Å². The molecule has 1 saturated carbocycles. The lowest BCUT2D eigenvalue weighted by atomic mass is 9.75. The molecule has 70 valence electrons. The number of rotatable bonds is 2. The largest absolute Gasteiger partial charge is 0.341 e. The highest BCUT2D eigenvalue weighted by atomic mass is 31.0. The van der Waals surface area contributed by atoms with Crippen LogP contribution in [0.5, 0.6) is 0 Å². The van der Waals surface area contributed by atoms with Gasteiger partial charge in [-0.25, -0.2) is 0 Å². The van der Waals surface area contributed by atoms with Crippen LogP contribution in [0.25, 0.3) is 0 Å². The smallest absolute Gasteiger partial charge is 0.148 e. The molecule has 1 aliphatic rings. The molecule has 0 aromatic rings. The third kappa shape index (κ3) is 2.44. The first-order valence-electron chi connectivity index (χ1n) is 4.95. The van der Waals surface area contributed by atoms with Crippen LogP contribution in [-0.2, 0) is 4.52 Å². The third-order valence-electron chi connectivity index (χ3n) is 3.10. The van der Waals surface area contributed by atoms with E-state index in [1.54, 1.807) is 0 Å². The highest BCUT2D eigenvalue weighted by Crippen LogP contribution is 2.35. The molecule has 1 aliphatic carbocycles. The van der Waals surface area contributed by atoms with Gasteiger partial charge < -0.3 is 4.52 Å². The Kier molecular flexibility index (Phi) is 3.99. The van der Waals surface area contributed by atoms with Crippen LogP contribution in [0.2, 0.25) is 0 Å². The van der Waals surface area contributed by atoms with Gasteiger partial charge in [0.2, 0.25) is 0 Å². The van der Waals surface area contributed by atoms with Crippen molar-refractivity contribution in [3.05, 3.63) is 0 Å². The molecule has 0 aliphatic heterocycles. The zero-order valence-electron chi connectivity index (χ0n) is 8.29. The third-order valence-corrected chi connectivity index (χ3v) is 3.37. The predicted molar refractivity (Wildman–Crippen MR) is 53.1 cm³/mol. The molecule has 0 saturated heterocycles. The Morgan fingerprint density at radius 3 is 2.50 bits per heavy atom. The summed E-state index contributed by atoms with van der Waals surface area (Å²) in [6, 6.07) is 0. The van der Waals surface area contributed by atoms with Gasteiger partial charge in [0.1, 0.15) is 9.47 Å². The van der Waals surface area contributed by atoms with E-state index in [-0.39, 0.29) is 0 Å². The zero-order valence-corrected chi connectivity index (χ0v) is 9.18. The maximum absolute atomic E-state index is 5.23. The van der Waals surface area contributed by atoms with Crippen LogP contribution < -0.4 is 0 Å². The average molecular weight is 186 g/mol. The second-order valence-corrected chi connectivity index (χ2v) is 4.68. The van der Waals surface area contributed by atoms with Crippen LogP contribution in [-0.4, -0.2) is 6.10 Å². The van der Waals surface area contributed by atoms with Gasteiger partial charge >= 0.3 is 0 Å². The molecular formula is C10H19OP. The molecule has 1 nitrogen and oxygen atoms in total. The van der Waals surface area contributed by atoms with Gasteiger partial charge in [0.15, 0.2) is 0 Å². The lowest BCUT2D eigenvalue weighted by Crippen LogP contribution is -2.32. The molecule has 1 fully saturated rings. The summed E-state index contributed by atoms with van der Waals surface area (Å²) >= 11 is 0. The van der Waals surface area contributed by atoms with Gasteiger partial charge in [-0.1, -0.05) is 27.2 Å². The first-order chi connectivity index (χ1) is 5.65. The quantitative estimate of drug-likeness (QED) is 0.596. The molecule has 2 radical (unpaired) electrons. The standard InChI is InChI=1S/C10H19OP/c1-7(2)9-5-4-8(3)6-10(9)11-12/h7-10H,4-6H2,1-3H3. The van der Waals surface area contributed by atoms with E-state index in [1.165, 1.54) is 19.3 Å². The average Bonchev–Trinajstić information content (AvgIpc) is 2.03. The van der Waals surface area contributed by atoms with Crippen molar-refractivity contribution in [2.24, 2.45) is 17.8 Å². The van der Waals surface area contributed by atoms with E-state index in [0.717, 1.165) is 17.8 Å². The molecule has 0 bridgehead atoms. The van der Waals surface area contributed by atoms with Crippen molar-refractivity contribution in [1.82, 2.24) is 0 Å². The first-order valence-corrected chi connectivity index (χ1v) is 5.32. The fraction of sp³-hybridized carbons (Fsp3) is 1.00. The van der Waals surface area contributed by atoms with Gasteiger partial charge in [-0.15, -0.1) is 0 Å². The summed E-state index contributed by atoms with van der Waals surface area (Å²) < 4.78 is 5.23. The summed E-state index contributed by atoms with van der Waals surface area (Å²) in [5, 5.41) is 0. The Morgan fingerprint density at radius 2 is 2.00 bits per heavy atom. The van der Waals surface area contributed by atoms with E-state index >= 15 is 0 Å². The lowest BCUT2D eigenvalue weighted by molar-refractivity contribution is 0.0611. The van der Waals surface area contributed by atoms with E-state index in [0.29, 0.717) is 6.10 Å². The molecule has 1 rings (SSSR count). The van der Waals surface area contributed by atoms with E-state index in [2.05, 4.69) is 30.2 Å². The Labute approximate surface area is 78.5 Å². The van der Waals surface area contributed by atoms with Crippen LogP contribution >= 0.6 is 9.47 Å². The van der Waals surface area contributed by atoms with Gasteiger partial charge in [-0.2, -0.15) is 0 Å². The predicted octanol–water partition coefficient (Wildman–Crippen LogP) is 3.79. The molecular weight excluding hydrogens is 167 g/mol. The lowest BCUT2D eigenvalue weighted by Gasteiger charge is -2.35. The minimum absolute atomic E-state index is 0.386. The molecule has 0 aromatic heterocycles. The van der Waals surface area contributed by atoms with Crippen molar-refractivity contribution in [3.8, 4) is 0 Å². The minimum atomic E-state index is 0.386. The van der Waals surface area contributed by atoms with Crippen molar-refractivity contribution in [1.29, 1.82) is 0 Å². The minimum Gasteiger partial charge on any atom is -0.341 e. The van der Waals surface area contributed by atoms with Crippen LogP contribution in [0.4, 0.5) is 0 Å². The molecule has 0 N–H and O–H groups in total. The van der Waals surface area contributed by atoms with Crippen molar-refractivity contribution < 1.29 is 4.52 Å². The summed E-state index contributed by atoms with van der Waals surface area (Å²) in [7, 11) is 3.96. The molecule has 3 unspecified atom stereocenters. The molecule has 12 heavy (non-hydrogen) atoms. The maximum atomic E-state index is 5.23. The Balaban J connectivity index is 2.50. The topological polar surface area (TPSA) is 9.23 Å². The zero-order chi connectivity index (χ0) is 9.14. The SMILES string of the molecule is CC1CCC(C(C)C)C(O[P])C1. The summed E-state index contributed by atoms with van der Waals surface area (Å²) in [5.41, 5.74) is 0. The van der Waals surface area contributed by atoms with Crippen molar-refractivity contribution >= 4 is 9.47 Å². The van der Waals surface area contributed by atoms with Gasteiger partial charge in [0.05, 0.1) is 6.10 Å². The van der Waals surface area contributed by atoms with Crippen LogP contribution in [0.1, 0.15) is 40.0 Å². The molecule has 3 atom stereocenters. The summed E-state index contributed by atoms with van der Waals surface area (Å²) in [4.78, 5) is 0. The van der Waals surface area contributed by atoms with E-state index in [1.807, 2.05) is 0 Å². The fourth-order valence-corrected chi connectivity index (χ4v) is 2.48. The summed E-state index contributed by atoms with van der Waals surface area (Å²) in [5.74, 6) is 2.27. The number of hydrogen-bond acceptors (Lipinski definition) is 1. The van der Waals surface area contributed by atoms with Crippen molar-refractivity contribution in [2.75, 3.05) is 0 Å². The van der Waals surface area contributed by atoms with E-state index < -0.39 is 0 Å². The Morgan fingerprint density at radius 1 is 1.33 bits per heavy atom. The first kappa shape index (κ1) is 10.5. The normalized spacial score (nSPS) is 37.2. The highest BCUT2D eigenvalue weighted by Gasteiger charge is 2.30. The van der Waals surface area contributed by atoms with E-state index in [9.17, 15) is 0 Å². The van der Waals surface area contributed by atoms with E-state index in [4.69, 9.17) is 4.52 Å². The Hall–Kier alpha value is 0.390. The highest BCUT2D eigenvalue weighted by molar-refractivity contribution is 7.09. The van der Waals surface area contributed by atoms with Gasteiger partial charge in [0.25, 0.3) is 0 Å². The van der Waals surface area contributed by atoms with Gasteiger partial charge in [-0.3, -0.25) is 0 Å². The second-order valence-electron chi connectivity index (χ2n) is 4.47. The monoisotopic (exact) mass is 186 g/mol. The van der Waals surface area contributed by atoms with Crippen LogP contribution in [0.3, 0.4) is 0 Å². The second kappa shape index (κ2) is 4.58. The van der Waals surface area contributed by atoms with Gasteiger partial charge in [0, 0.05) is 0 Å². The molecule has 0 amide bonds. The maximum Gasteiger partial charge on any atom is 0.148 e. The fourth-order valence-electron chi connectivity index (χ4n) is 2.24. The number of hydrogen-bond donors (Lipinski definition) is 0. The molecule has 0 spiro atoms. The summed E-state index contributed by atoms with van der Waals surface area (Å²) in [6.07, 6.45) is 4.24.